The van der Waals surface area contributed by atoms with E-state index in [-0.39, 0.29) is 19.8 Å². The SMILES string of the molecule is C=C(C)C(=O)OCCNC(=O)OCC(CSc1cccc(-c2cccc3c2sc2ccccc23)c1)(CSc1cccc(-c2cccc3c2sc2ccccc23)c1)CSc1nc2ccccc2s1. The van der Waals surface area contributed by atoms with Gasteiger partial charge < -0.3 is 14.8 Å². The van der Waals surface area contributed by atoms with Gasteiger partial charge in [0.05, 0.1) is 16.8 Å². The summed E-state index contributed by atoms with van der Waals surface area (Å²) in [6.45, 7) is 5.53. The fourth-order valence-corrected chi connectivity index (χ4v) is 15.4. The van der Waals surface area contributed by atoms with E-state index in [1.54, 1.807) is 53.5 Å². The van der Waals surface area contributed by atoms with E-state index in [0.717, 1.165) is 24.3 Å². The van der Waals surface area contributed by atoms with Crippen LogP contribution in [0.2, 0.25) is 0 Å². The van der Waals surface area contributed by atoms with Crippen LogP contribution in [0.25, 0.3) is 72.8 Å². The third-order valence-electron chi connectivity index (χ3n) is 11.4. The van der Waals surface area contributed by atoms with Gasteiger partial charge in [0.1, 0.15) is 13.2 Å². The lowest BCUT2D eigenvalue weighted by atomic mass is 9.97. The number of rotatable bonds is 17. The molecule has 6 nitrogen and oxygen atoms in total. The largest absolute Gasteiger partial charge is 0.460 e. The van der Waals surface area contributed by atoms with Crippen LogP contribution >= 0.6 is 69.3 Å². The number of para-hydroxylation sites is 1. The lowest BCUT2D eigenvalue weighted by Gasteiger charge is -2.32. The molecule has 0 atom stereocenters. The summed E-state index contributed by atoms with van der Waals surface area (Å²) in [5.74, 6) is 1.49. The molecule has 0 fully saturated rings. The van der Waals surface area contributed by atoms with Crippen molar-refractivity contribution in [3.05, 3.63) is 170 Å². The number of alkyl carbamates (subject to hydrolysis) is 1. The van der Waals surface area contributed by atoms with Gasteiger partial charge in [-0.2, -0.15) is 0 Å². The van der Waals surface area contributed by atoms with E-state index in [4.69, 9.17) is 14.5 Å². The van der Waals surface area contributed by atoms with E-state index in [0.29, 0.717) is 22.8 Å². The second kappa shape index (κ2) is 20.3. The Labute approximate surface area is 413 Å². The first-order valence-corrected chi connectivity index (χ1v) is 27.2. The molecule has 1 amide bonds. The molecule has 67 heavy (non-hydrogen) atoms. The summed E-state index contributed by atoms with van der Waals surface area (Å²) in [7, 11) is 0. The van der Waals surface area contributed by atoms with Gasteiger partial charge in [0.15, 0.2) is 4.34 Å². The van der Waals surface area contributed by atoms with Crippen LogP contribution in [0.5, 0.6) is 0 Å². The van der Waals surface area contributed by atoms with Crippen molar-refractivity contribution in [1.29, 1.82) is 0 Å². The van der Waals surface area contributed by atoms with Crippen molar-refractivity contribution in [2.24, 2.45) is 5.41 Å². The molecule has 0 radical (unpaired) electrons. The first kappa shape index (κ1) is 45.2. The number of benzene rings is 7. The monoisotopic (exact) mass is 988 g/mol. The number of esters is 1. The fourth-order valence-electron chi connectivity index (χ4n) is 8.00. The molecule has 1 N–H and O–H groups in total. The van der Waals surface area contributed by atoms with Crippen LogP contribution in [0.1, 0.15) is 6.92 Å². The van der Waals surface area contributed by atoms with Crippen LogP contribution in [0.3, 0.4) is 0 Å². The van der Waals surface area contributed by atoms with Gasteiger partial charge >= 0.3 is 12.1 Å². The third kappa shape index (κ3) is 10.2. The van der Waals surface area contributed by atoms with Crippen LogP contribution < -0.4 is 5.32 Å². The molecule has 12 heteroatoms. The second-order valence-corrected chi connectivity index (χ2v) is 22.8. The molecule has 0 aliphatic carbocycles. The highest BCUT2D eigenvalue weighted by Gasteiger charge is 2.34. The fraction of sp³-hybridized carbons (Fsp3) is 0.145. The summed E-state index contributed by atoms with van der Waals surface area (Å²) >= 11 is 10.7. The average molecular weight is 989 g/mol. The number of carbonyl (C=O) groups excluding carboxylic acids is 2. The van der Waals surface area contributed by atoms with Gasteiger partial charge in [0.25, 0.3) is 0 Å². The quantitative estimate of drug-likeness (QED) is 0.0418. The zero-order valence-corrected chi connectivity index (χ0v) is 41.4. The molecule has 0 unspecified atom stereocenters. The number of ether oxygens (including phenoxy) is 2. The number of thioether (sulfide) groups is 3. The summed E-state index contributed by atoms with van der Waals surface area (Å²) in [6, 6.07) is 56.3. The number of aromatic nitrogens is 1. The van der Waals surface area contributed by atoms with Gasteiger partial charge in [-0.15, -0.1) is 57.5 Å². The van der Waals surface area contributed by atoms with E-state index in [1.807, 2.05) is 34.8 Å². The molecule has 0 saturated heterocycles. The molecule has 0 saturated carbocycles. The standard InChI is InChI=1S/C55H44N2O4S6/c1-35(2)52(58)60-28-27-56-53(59)61-31-55(34-64-54-57-46-23-5-8-26-49(46)67-54,32-62-38-15-9-13-36(29-38)40-19-11-21-44-42-17-3-6-24-47(42)65-50(40)44)33-63-39-16-10-14-37(30-39)41-20-12-22-45-43-18-4-7-25-48(43)66-51(41)45/h3-26,29-30H,1,27-28,31-34H2,2H3,(H,56,59). The van der Waals surface area contributed by atoms with E-state index in [1.165, 1.54) is 62.6 Å². The van der Waals surface area contributed by atoms with Crippen LogP contribution in [0, 0.1) is 5.41 Å². The lowest BCUT2D eigenvalue weighted by molar-refractivity contribution is -0.138. The molecule has 3 aromatic heterocycles. The third-order valence-corrected chi connectivity index (χ3v) is 19.1. The maximum absolute atomic E-state index is 13.4. The number of fused-ring (bicyclic) bond motifs is 7. The van der Waals surface area contributed by atoms with Crippen molar-refractivity contribution in [3.8, 4) is 22.3 Å². The molecule has 0 aliphatic heterocycles. The van der Waals surface area contributed by atoms with Crippen LogP contribution in [-0.2, 0) is 14.3 Å². The minimum Gasteiger partial charge on any atom is -0.460 e. The Kier molecular flexibility index (Phi) is 13.7. The number of thiophene rings is 2. The molecule has 0 bridgehead atoms. The van der Waals surface area contributed by atoms with E-state index in [2.05, 4.69) is 157 Å². The highest BCUT2D eigenvalue weighted by atomic mass is 32.2. The summed E-state index contributed by atoms with van der Waals surface area (Å²) in [6.07, 6.45) is -0.562. The molecule has 10 rings (SSSR count). The Bertz CT molecular complexity index is 3250. The Balaban J connectivity index is 0.962. The number of hydrogen-bond acceptors (Lipinski definition) is 11. The van der Waals surface area contributed by atoms with Crippen molar-refractivity contribution in [2.75, 3.05) is 37.0 Å². The number of carbonyl (C=O) groups is 2. The molecule has 7 aromatic carbocycles. The van der Waals surface area contributed by atoms with Crippen molar-refractivity contribution in [1.82, 2.24) is 10.3 Å². The molecule has 0 spiro atoms. The van der Waals surface area contributed by atoms with Crippen LogP contribution in [-0.4, -0.2) is 54.1 Å². The minimum absolute atomic E-state index is 0.0161. The van der Waals surface area contributed by atoms with Crippen molar-refractivity contribution in [3.63, 3.8) is 0 Å². The number of nitrogens with zero attached hydrogens (tertiary/aromatic N) is 1. The lowest BCUT2D eigenvalue weighted by Crippen LogP contribution is -2.39. The van der Waals surface area contributed by atoms with Crippen molar-refractivity contribution in [2.45, 2.75) is 21.1 Å². The van der Waals surface area contributed by atoms with Crippen LogP contribution in [0.4, 0.5) is 4.79 Å². The molecular formula is C55H44N2O4S6. The molecule has 0 aliphatic rings. The Hall–Kier alpha value is -5.60. The second-order valence-electron chi connectivity index (χ2n) is 16.3. The Morgan fingerprint density at radius 2 is 1.12 bits per heavy atom. The van der Waals surface area contributed by atoms with E-state index < -0.39 is 17.5 Å². The number of thiazole rings is 1. The van der Waals surface area contributed by atoms with Gasteiger partial charge in [0.2, 0.25) is 0 Å². The molecule has 334 valence electrons. The zero-order valence-electron chi connectivity index (χ0n) is 36.5. The van der Waals surface area contributed by atoms with Crippen LogP contribution in [0.15, 0.2) is 184 Å². The maximum Gasteiger partial charge on any atom is 0.407 e. The number of amides is 1. The normalized spacial score (nSPS) is 11.8. The molecule has 3 heterocycles. The molecular weight excluding hydrogens is 945 g/mol. The smallest absolute Gasteiger partial charge is 0.407 e. The van der Waals surface area contributed by atoms with E-state index in [9.17, 15) is 9.59 Å². The molecule has 10 aromatic rings. The first-order chi connectivity index (χ1) is 32.8. The van der Waals surface area contributed by atoms with Gasteiger partial charge in [-0.25, -0.2) is 14.6 Å². The van der Waals surface area contributed by atoms with Gasteiger partial charge in [-0.1, -0.05) is 128 Å². The summed E-state index contributed by atoms with van der Waals surface area (Å²) in [5.41, 5.74) is 5.52. The first-order valence-electron chi connectivity index (χ1n) is 21.8. The highest BCUT2D eigenvalue weighted by Crippen LogP contribution is 2.45. The number of hydrogen-bond donors (Lipinski definition) is 1. The predicted molar refractivity (Wildman–Crippen MR) is 289 cm³/mol. The van der Waals surface area contributed by atoms with Gasteiger partial charge in [-0.05, 0) is 77.7 Å². The Morgan fingerprint density at radius 1 is 0.597 bits per heavy atom. The topological polar surface area (TPSA) is 77.5 Å². The minimum atomic E-state index is -0.562. The van der Waals surface area contributed by atoms with Crippen molar-refractivity contribution >= 4 is 132 Å². The zero-order chi connectivity index (χ0) is 45.7. The highest BCUT2D eigenvalue weighted by molar-refractivity contribution is 8.02. The average Bonchev–Trinajstić information content (AvgIpc) is 4.08. The summed E-state index contributed by atoms with van der Waals surface area (Å²) in [4.78, 5) is 32.7. The predicted octanol–water partition coefficient (Wildman–Crippen LogP) is 15.9. The maximum atomic E-state index is 13.4. The van der Waals surface area contributed by atoms with E-state index >= 15 is 0 Å². The van der Waals surface area contributed by atoms with Gasteiger partial charge in [0, 0.05) is 78.4 Å². The summed E-state index contributed by atoms with van der Waals surface area (Å²) in [5, 5.41) is 7.89. The van der Waals surface area contributed by atoms with Gasteiger partial charge in [-0.3, -0.25) is 0 Å². The number of nitrogens with one attached hydrogen (secondary N) is 1. The van der Waals surface area contributed by atoms with Crippen molar-refractivity contribution < 1.29 is 19.1 Å². The Morgan fingerprint density at radius 3 is 1.70 bits per heavy atom. The summed E-state index contributed by atoms with van der Waals surface area (Å²) < 4.78 is 18.6.